The van der Waals surface area contributed by atoms with E-state index in [1.165, 1.54) is 0 Å². The standard InChI is InChI=1S/C20H21N3O5/c24-18(8-3-9-19-22-20(23-28-19)17-7-4-12-25-17)21-11-10-14-13-26-15-5-1-2-6-16(15)27-14/h1-2,4-7,12,14H,3,8-11,13H2,(H,21,24). The number of aryl methyl sites for hydroxylation is 1. The summed E-state index contributed by atoms with van der Waals surface area (Å²) in [5, 5.41) is 6.78. The molecule has 0 radical (unpaired) electrons. The van der Waals surface area contributed by atoms with Crippen LogP contribution in [0.2, 0.25) is 0 Å². The second-order valence-electron chi connectivity index (χ2n) is 6.48. The molecule has 8 heteroatoms. The number of hydrogen-bond acceptors (Lipinski definition) is 7. The Hall–Kier alpha value is -3.29. The van der Waals surface area contributed by atoms with Crippen LogP contribution in [-0.4, -0.2) is 35.3 Å². The second kappa shape index (κ2) is 8.60. The van der Waals surface area contributed by atoms with E-state index in [2.05, 4.69) is 15.5 Å². The minimum absolute atomic E-state index is 0.0112. The lowest BCUT2D eigenvalue weighted by atomic mass is 10.2. The monoisotopic (exact) mass is 383 g/mol. The predicted octanol–water partition coefficient (Wildman–Crippen LogP) is 3.00. The smallest absolute Gasteiger partial charge is 0.238 e. The number of carbonyl (C=O) groups is 1. The molecule has 0 spiro atoms. The number of amides is 1. The number of ether oxygens (including phenoxy) is 2. The van der Waals surface area contributed by atoms with Crippen LogP contribution in [0.25, 0.3) is 11.6 Å². The third-order valence-electron chi connectivity index (χ3n) is 4.36. The molecule has 8 nitrogen and oxygen atoms in total. The third-order valence-corrected chi connectivity index (χ3v) is 4.36. The topological polar surface area (TPSA) is 99.6 Å². The molecule has 0 fully saturated rings. The van der Waals surface area contributed by atoms with Crippen LogP contribution < -0.4 is 14.8 Å². The van der Waals surface area contributed by atoms with Gasteiger partial charge in [0, 0.05) is 25.8 Å². The maximum Gasteiger partial charge on any atom is 0.238 e. The Kier molecular flexibility index (Phi) is 5.56. The fourth-order valence-corrected chi connectivity index (χ4v) is 2.93. The first-order valence-corrected chi connectivity index (χ1v) is 9.29. The van der Waals surface area contributed by atoms with Gasteiger partial charge in [-0.2, -0.15) is 4.98 Å². The van der Waals surface area contributed by atoms with Crippen LogP contribution in [0.4, 0.5) is 0 Å². The summed E-state index contributed by atoms with van der Waals surface area (Å²) in [6.45, 7) is 1.03. The van der Waals surface area contributed by atoms with E-state index < -0.39 is 0 Å². The molecule has 0 saturated heterocycles. The van der Waals surface area contributed by atoms with Gasteiger partial charge in [-0.3, -0.25) is 4.79 Å². The van der Waals surface area contributed by atoms with Crippen molar-refractivity contribution in [3.63, 3.8) is 0 Å². The number of benzene rings is 1. The van der Waals surface area contributed by atoms with Gasteiger partial charge >= 0.3 is 0 Å². The minimum atomic E-state index is -0.0615. The van der Waals surface area contributed by atoms with Gasteiger partial charge in [-0.25, -0.2) is 0 Å². The maximum atomic E-state index is 12.0. The van der Waals surface area contributed by atoms with E-state index in [1.54, 1.807) is 18.4 Å². The summed E-state index contributed by atoms with van der Waals surface area (Å²) >= 11 is 0. The lowest BCUT2D eigenvalue weighted by molar-refractivity contribution is -0.121. The number of para-hydroxylation sites is 2. The highest BCUT2D eigenvalue weighted by atomic mass is 16.6. The number of nitrogens with one attached hydrogen (secondary N) is 1. The van der Waals surface area contributed by atoms with Crippen LogP contribution in [0.1, 0.15) is 25.2 Å². The van der Waals surface area contributed by atoms with E-state index in [4.69, 9.17) is 18.4 Å². The average Bonchev–Trinajstić information content (AvgIpc) is 3.40. The van der Waals surface area contributed by atoms with Gasteiger partial charge in [0.15, 0.2) is 17.3 Å². The van der Waals surface area contributed by atoms with E-state index in [0.717, 1.165) is 11.5 Å². The largest absolute Gasteiger partial charge is 0.486 e. The molecule has 1 N–H and O–H groups in total. The van der Waals surface area contributed by atoms with Crippen molar-refractivity contribution in [2.75, 3.05) is 13.2 Å². The van der Waals surface area contributed by atoms with Crippen LogP contribution in [0.15, 0.2) is 51.6 Å². The normalized spacial score (nSPS) is 15.4. The molecule has 3 heterocycles. The lowest BCUT2D eigenvalue weighted by Crippen LogP contribution is -2.34. The van der Waals surface area contributed by atoms with Gasteiger partial charge in [-0.05, 0) is 30.7 Å². The van der Waals surface area contributed by atoms with Crippen molar-refractivity contribution < 1.29 is 23.2 Å². The van der Waals surface area contributed by atoms with Crippen molar-refractivity contribution in [1.82, 2.24) is 15.5 Å². The minimum Gasteiger partial charge on any atom is -0.486 e. The van der Waals surface area contributed by atoms with Crippen molar-refractivity contribution in [3.8, 4) is 23.1 Å². The molecule has 146 valence electrons. The maximum absolute atomic E-state index is 12.0. The van der Waals surface area contributed by atoms with Crippen molar-refractivity contribution in [2.45, 2.75) is 31.8 Å². The molecule has 0 bridgehead atoms. The van der Waals surface area contributed by atoms with Gasteiger partial charge in [0.1, 0.15) is 12.7 Å². The molecule has 1 aromatic carbocycles. The Morgan fingerprint density at radius 1 is 1.18 bits per heavy atom. The molecule has 3 aromatic rings. The van der Waals surface area contributed by atoms with Crippen molar-refractivity contribution in [2.24, 2.45) is 0 Å². The van der Waals surface area contributed by atoms with Gasteiger partial charge in [-0.1, -0.05) is 17.3 Å². The van der Waals surface area contributed by atoms with Crippen molar-refractivity contribution in [3.05, 3.63) is 48.6 Å². The number of furan rings is 1. The van der Waals surface area contributed by atoms with Crippen LogP contribution in [-0.2, 0) is 11.2 Å². The summed E-state index contributed by atoms with van der Waals surface area (Å²) in [4.78, 5) is 16.3. The average molecular weight is 383 g/mol. The molecule has 0 aliphatic carbocycles. The van der Waals surface area contributed by atoms with Crippen molar-refractivity contribution in [1.29, 1.82) is 0 Å². The fourth-order valence-electron chi connectivity index (χ4n) is 2.93. The Balaban J connectivity index is 1.13. The number of fused-ring (bicyclic) bond motifs is 1. The number of aromatic nitrogens is 2. The number of hydrogen-bond donors (Lipinski definition) is 1. The summed E-state index contributed by atoms with van der Waals surface area (Å²) in [5.41, 5.74) is 0. The van der Waals surface area contributed by atoms with Crippen molar-refractivity contribution >= 4 is 5.91 Å². The summed E-state index contributed by atoms with van der Waals surface area (Å²) in [6, 6.07) is 11.1. The van der Waals surface area contributed by atoms with E-state index in [0.29, 0.717) is 56.3 Å². The number of nitrogens with zero attached hydrogens (tertiary/aromatic N) is 2. The SMILES string of the molecule is O=C(CCCc1nc(-c2ccco2)no1)NCCC1COc2ccccc2O1. The summed E-state index contributed by atoms with van der Waals surface area (Å²) in [5.74, 6) is 2.97. The fraction of sp³-hybridized carbons (Fsp3) is 0.350. The molecule has 1 unspecified atom stereocenters. The van der Waals surface area contributed by atoms with Gasteiger partial charge in [-0.15, -0.1) is 0 Å². The first-order valence-electron chi connectivity index (χ1n) is 9.29. The molecule has 28 heavy (non-hydrogen) atoms. The van der Waals surface area contributed by atoms with Gasteiger partial charge in [0.25, 0.3) is 0 Å². The Bertz CT molecular complexity index is 906. The highest BCUT2D eigenvalue weighted by molar-refractivity contribution is 5.75. The summed E-state index contributed by atoms with van der Waals surface area (Å²) < 4.78 is 21.9. The molecule has 2 aromatic heterocycles. The highest BCUT2D eigenvalue weighted by Crippen LogP contribution is 2.31. The molecule has 1 atom stereocenters. The van der Waals surface area contributed by atoms with E-state index in [1.807, 2.05) is 24.3 Å². The highest BCUT2D eigenvalue weighted by Gasteiger charge is 2.20. The molecular weight excluding hydrogens is 362 g/mol. The van der Waals surface area contributed by atoms with E-state index in [-0.39, 0.29) is 12.0 Å². The molecule has 1 aliphatic rings. The Morgan fingerprint density at radius 2 is 2.07 bits per heavy atom. The predicted molar refractivity (Wildman–Crippen MR) is 98.9 cm³/mol. The zero-order valence-electron chi connectivity index (χ0n) is 15.3. The summed E-state index contributed by atoms with van der Waals surface area (Å²) in [6.07, 6.45) is 3.74. The Labute approximate surface area is 161 Å². The van der Waals surface area contributed by atoms with Gasteiger partial charge in [0.05, 0.1) is 6.26 Å². The second-order valence-corrected chi connectivity index (χ2v) is 6.48. The van der Waals surface area contributed by atoms with E-state index in [9.17, 15) is 4.79 Å². The molecular formula is C20H21N3O5. The Morgan fingerprint density at radius 3 is 2.93 bits per heavy atom. The first kappa shape index (κ1) is 18.1. The molecule has 0 saturated carbocycles. The van der Waals surface area contributed by atoms with Crippen LogP contribution in [0.3, 0.4) is 0 Å². The quantitative estimate of drug-likeness (QED) is 0.638. The first-order chi connectivity index (χ1) is 13.8. The van der Waals surface area contributed by atoms with E-state index >= 15 is 0 Å². The summed E-state index contributed by atoms with van der Waals surface area (Å²) in [7, 11) is 0. The molecule has 1 amide bonds. The van der Waals surface area contributed by atoms with Crippen LogP contribution >= 0.6 is 0 Å². The van der Waals surface area contributed by atoms with Crippen LogP contribution in [0, 0.1) is 0 Å². The number of rotatable bonds is 8. The number of carbonyl (C=O) groups excluding carboxylic acids is 1. The van der Waals surface area contributed by atoms with Gasteiger partial charge < -0.3 is 23.7 Å². The molecule has 4 rings (SSSR count). The lowest BCUT2D eigenvalue weighted by Gasteiger charge is -2.26. The third kappa shape index (κ3) is 4.51. The molecule has 1 aliphatic heterocycles. The zero-order chi connectivity index (χ0) is 19.2. The van der Waals surface area contributed by atoms with Gasteiger partial charge in [0.2, 0.25) is 17.6 Å². The van der Waals surface area contributed by atoms with Crippen LogP contribution in [0.5, 0.6) is 11.5 Å². The zero-order valence-corrected chi connectivity index (χ0v) is 15.3.